The van der Waals surface area contributed by atoms with Crippen molar-refractivity contribution in [3.05, 3.63) is 10.6 Å². The quantitative estimate of drug-likeness (QED) is 0.794. The van der Waals surface area contributed by atoms with E-state index >= 15 is 0 Å². The van der Waals surface area contributed by atoms with E-state index in [1.807, 2.05) is 6.92 Å². The Labute approximate surface area is 106 Å². The molecular weight excluding hydrogens is 236 g/mol. The van der Waals surface area contributed by atoms with Gasteiger partial charge in [0.15, 0.2) is 10.8 Å². The number of esters is 1. The standard InChI is InChI=1S/C12H20N2O2S/c1-5-7-9(6-2)13-12-14-10(8(3)17-12)11(15)16-4/h9H,5-7H2,1-4H3,(H,13,14). The Kier molecular flexibility index (Phi) is 5.41. The minimum atomic E-state index is -0.365. The summed E-state index contributed by atoms with van der Waals surface area (Å²) in [5.74, 6) is -0.365. The van der Waals surface area contributed by atoms with Crippen LogP contribution in [0, 0.1) is 6.92 Å². The maximum Gasteiger partial charge on any atom is 0.357 e. The zero-order valence-electron chi connectivity index (χ0n) is 10.9. The normalized spacial score (nSPS) is 12.2. The van der Waals surface area contributed by atoms with E-state index in [0.29, 0.717) is 11.7 Å². The third-order valence-corrected chi connectivity index (χ3v) is 3.53. The average Bonchev–Trinajstić information content (AvgIpc) is 2.68. The van der Waals surface area contributed by atoms with Crippen LogP contribution in [0.1, 0.15) is 48.5 Å². The van der Waals surface area contributed by atoms with Crippen molar-refractivity contribution in [2.75, 3.05) is 12.4 Å². The van der Waals surface area contributed by atoms with Gasteiger partial charge in [-0.25, -0.2) is 9.78 Å². The van der Waals surface area contributed by atoms with E-state index in [1.165, 1.54) is 18.4 Å². The van der Waals surface area contributed by atoms with Crippen molar-refractivity contribution in [1.82, 2.24) is 4.98 Å². The van der Waals surface area contributed by atoms with E-state index in [-0.39, 0.29) is 5.97 Å². The zero-order valence-corrected chi connectivity index (χ0v) is 11.7. The van der Waals surface area contributed by atoms with Gasteiger partial charge in [0.1, 0.15) is 0 Å². The number of anilines is 1. The molecule has 1 aromatic rings. The SMILES string of the molecule is CCCC(CC)Nc1nc(C(=O)OC)c(C)s1. The van der Waals surface area contributed by atoms with Gasteiger partial charge in [0, 0.05) is 10.9 Å². The monoisotopic (exact) mass is 256 g/mol. The predicted octanol–water partition coefficient (Wildman–Crippen LogP) is 3.23. The molecule has 0 amide bonds. The molecule has 0 aliphatic heterocycles. The van der Waals surface area contributed by atoms with Crippen LogP contribution >= 0.6 is 11.3 Å². The smallest absolute Gasteiger partial charge is 0.357 e. The van der Waals surface area contributed by atoms with Crippen molar-refractivity contribution in [2.45, 2.75) is 46.1 Å². The lowest BCUT2D eigenvalue weighted by Crippen LogP contribution is -2.17. The summed E-state index contributed by atoms with van der Waals surface area (Å²) in [6, 6.07) is 0.427. The summed E-state index contributed by atoms with van der Waals surface area (Å²) < 4.78 is 4.69. The van der Waals surface area contributed by atoms with Crippen LogP contribution in [-0.2, 0) is 4.74 Å². The van der Waals surface area contributed by atoms with Crippen molar-refractivity contribution in [3.63, 3.8) is 0 Å². The first-order chi connectivity index (χ1) is 8.12. The molecule has 0 aliphatic rings. The van der Waals surface area contributed by atoms with Gasteiger partial charge in [-0.1, -0.05) is 20.3 Å². The van der Waals surface area contributed by atoms with Gasteiger partial charge in [0.25, 0.3) is 0 Å². The molecule has 1 rings (SSSR count). The number of carbonyl (C=O) groups excluding carboxylic acids is 1. The Bertz CT molecular complexity index is 377. The second-order valence-electron chi connectivity index (χ2n) is 3.95. The van der Waals surface area contributed by atoms with Crippen LogP contribution in [0.2, 0.25) is 0 Å². The van der Waals surface area contributed by atoms with Crippen LogP contribution < -0.4 is 5.32 Å². The predicted molar refractivity (Wildman–Crippen MR) is 70.8 cm³/mol. The maximum atomic E-state index is 11.4. The number of ether oxygens (including phenoxy) is 1. The van der Waals surface area contributed by atoms with Gasteiger partial charge in [-0.2, -0.15) is 0 Å². The molecule has 1 aromatic heterocycles. The molecule has 0 aromatic carbocycles. The van der Waals surface area contributed by atoms with Crippen molar-refractivity contribution >= 4 is 22.4 Å². The third-order valence-electron chi connectivity index (χ3n) is 2.63. The molecule has 0 saturated heterocycles. The van der Waals surface area contributed by atoms with Gasteiger partial charge in [-0.15, -0.1) is 11.3 Å². The summed E-state index contributed by atoms with van der Waals surface area (Å²) in [5.41, 5.74) is 0.423. The van der Waals surface area contributed by atoms with Crippen LogP contribution in [0.15, 0.2) is 0 Å². The van der Waals surface area contributed by atoms with Crippen LogP contribution in [-0.4, -0.2) is 24.1 Å². The van der Waals surface area contributed by atoms with Crippen molar-refractivity contribution in [2.24, 2.45) is 0 Å². The first kappa shape index (κ1) is 14.0. The highest BCUT2D eigenvalue weighted by atomic mass is 32.1. The van der Waals surface area contributed by atoms with E-state index in [0.717, 1.165) is 29.3 Å². The molecule has 5 heteroatoms. The number of rotatable bonds is 6. The fourth-order valence-corrected chi connectivity index (χ4v) is 2.52. The maximum absolute atomic E-state index is 11.4. The number of thiazole rings is 1. The van der Waals surface area contributed by atoms with Crippen molar-refractivity contribution in [3.8, 4) is 0 Å². The van der Waals surface area contributed by atoms with E-state index in [2.05, 4.69) is 28.9 Å². The first-order valence-corrected chi connectivity index (χ1v) is 6.76. The number of aromatic nitrogens is 1. The number of aryl methyl sites for hydroxylation is 1. The third kappa shape index (κ3) is 3.70. The molecule has 0 bridgehead atoms. The molecule has 1 atom stereocenters. The van der Waals surface area contributed by atoms with Crippen LogP contribution in [0.3, 0.4) is 0 Å². The fourth-order valence-electron chi connectivity index (χ4n) is 1.65. The van der Waals surface area contributed by atoms with Crippen molar-refractivity contribution < 1.29 is 9.53 Å². The summed E-state index contributed by atoms with van der Waals surface area (Å²) in [5, 5.41) is 4.18. The number of methoxy groups -OCH3 is 1. The van der Waals surface area contributed by atoms with Gasteiger partial charge in [-0.3, -0.25) is 0 Å². The van der Waals surface area contributed by atoms with E-state index in [4.69, 9.17) is 0 Å². The highest BCUT2D eigenvalue weighted by molar-refractivity contribution is 7.15. The highest BCUT2D eigenvalue weighted by Gasteiger charge is 2.16. The molecule has 1 unspecified atom stereocenters. The Balaban J connectivity index is 2.75. The lowest BCUT2D eigenvalue weighted by atomic mass is 10.1. The van der Waals surface area contributed by atoms with Gasteiger partial charge in [-0.05, 0) is 19.8 Å². The van der Waals surface area contributed by atoms with Gasteiger partial charge >= 0.3 is 5.97 Å². The second kappa shape index (κ2) is 6.59. The summed E-state index contributed by atoms with van der Waals surface area (Å²) >= 11 is 1.50. The highest BCUT2D eigenvalue weighted by Crippen LogP contribution is 2.24. The van der Waals surface area contributed by atoms with Crippen molar-refractivity contribution in [1.29, 1.82) is 0 Å². The van der Waals surface area contributed by atoms with Crippen LogP contribution in [0.4, 0.5) is 5.13 Å². The first-order valence-electron chi connectivity index (χ1n) is 5.94. The topological polar surface area (TPSA) is 51.2 Å². The molecule has 0 spiro atoms. The molecule has 0 saturated carbocycles. The molecule has 17 heavy (non-hydrogen) atoms. The zero-order chi connectivity index (χ0) is 12.8. The molecule has 0 radical (unpaired) electrons. The van der Waals surface area contributed by atoms with E-state index in [1.54, 1.807) is 0 Å². The second-order valence-corrected chi connectivity index (χ2v) is 5.16. The number of hydrogen-bond acceptors (Lipinski definition) is 5. The lowest BCUT2D eigenvalue weighted by Gasteiger charge is -2.14. The fraction of sp³-hybridized carbons (Fsp3) is 0.667. The summed E-state index contributed by atoms with van der Waals surface area (Å²) in [6.45, 7) is 6.20. The largest absolute Gasteiger partial charge is 0.464 e. The average molecular weight is 256 g/mol. The number of hydrogen-bond donors (Lipinski definition) is 1. The summed E-state index contributed by atoms with van der Waals surface area (Å²) in [4.78, 5) is 16.6. The molecular formula is C12H20N2O2S. The Hall–Kier alpha value is -1.10. The van der Waals surface area contributed by atoms with Gasteiger partial charge in [0.05, 0.1) is 7.11 Å². The molecule has 1 heterocycles. The molecule has 96 valence electrons. The van der Waals surface area contributed by atoms with Crippen LogP contribution in [0.5, 0.6) is 0 Å². The Morgan fingerprint density at radius 2 is 2.24 bits per heavy atom. The number of nitrogens with zero attached hydrogens (tertiary/aromatic N) is 1. The summed E-state index contributed by atoms with van der Waals surface area (Å²) in [6.07, 6.45) is 3.31. The lowest BCUT2D eigenvalue weighted by molar-refractivity contribution is 0.0594. The Morgan fingerprint density at radius 1 is 1.53 bits per heavy atom. The van der Waals surface area contributed by atoms with E-state index < -0.39 is 0 Å². The molecule has 0 fully saturated rings. The molecule has 4 nitrogen and oxygen atoms in total. The molecule has 1 N–H and O–H groups in total. The minimum Gasteiger partial charge on any atom is -0.464 e. The Morgan fingerprint density at radius 3 is 2.76 bits per heavy atom. The van der Waals surface area contributed by atoms with E-state index in [9.17, 15) is 4.79 Å². The number of nitrogens with one attached hydrogen (secondary N) is 1. The van der Waals surface area contributed by atoms with Gasteiger partial charge in [0.2, 0.25) is 0 Å². The van der Waals surface area contributed by atoms with Crippen LogP contribution in [0.25, 0.3) is 0 Å². The van der Waals surface area contributed by atoms with Gasteiger partial charge < -0.3 is 10.1 Å². The number of carbonyl (C=O) groups is 1. The minimum absolute atomic E-state index is 0.365. The molecule has 0 aliphatic carbocycles. The summed E-state index contributed by atoms with van der Waals surface area (Å²) in [7, 11) is 1.38.